The fourth-order valence-electron chi connectivity index (χ4n) is 3.17. The molecule has 0 spiro atoms. The van der Waals surface area contributed by atoms with Gasteiger partial charge in [0.2, 0.25) is 0 Å². The maximum absolute atomic E-state index is 13.3. The predicted molar refractivity (Wildman–Crippen MR) is 100 cm³/mol. The monoisotopic (exact) mass is 351 g/mol. The van der Waals surface area contributed by atoms with E-state index in [0.717, 1.165) is 16.3 Å². The summed E-state index contributed by atoms with van der Waals surface area (Å²) < 4.78 is 10.2. The number of methoxy groups -OCH3 is 1. The molecule has 0 saturated heterocycles. The van der Waals surface area contributed by atoms with Gasteiger partial charge in [-0.25, -0.2) is 4.79 Å². The second kappa shape index (κ2) is 7.04. The fourth-order valence-corrected chi connectivity index (χ4v) is 3.17. The number of carbonyl (C=O) groups is 2. The molecular formula is C21H21NO4. The molecule has 3 rings (SSSR count). The molecule has 26 heavy (non-hydrogen) atoms. The van der Waals surface area contributed by atoms with E-state index in [1.165, 1.54) is 18.3 Å². The number of furan rings is 1. The zero-order valence-corrected chi connectivity index (χ0v) is 15.3. The van der Waals surface area contributed by atoms with E-state index in [0.29, 0.717) is 17.0 Å². The first kappa shape index (κ1) is 17.7. The lowest BCUT2D eigenvalue weighted by Gasteiger charge is -2.30. The molecule has 0 bridgehead atoms. The Morgan fingerprint density at radius 3 is 2.46 bits per heavy atom. The van der Waals surface area contributed by atoms with Gasteiger partial charge in [-0.3, -0.25) is 9.69 Å². The average Bonchev–Trinajstić information content (AvgIpc) is 3.08. The maximum atomic E-state index is 13.3. The van der Waals surface area contributed by atoms with Crippen molar-refractivity contribution in [3.63, 3.8) is 0 Å². The lowest BCUT2D eigenvalue weighted by Crippen LogP contribution is -2.44. The molecule has 2 aromatic carbocycles. The van der Waals surface area contributed by atoms with E-state index in [1.807, 2.05) is 43.3 Å². The van der Waals surface area contributed by atoms with E-state index in [1.54, 1.807) is 19.9 Å². The lowest BCUT2D eigenvalue weighted by atomic mass is 10.0. The largest absolute Gasteiger partial charge is 0.469 e. The summed E-state index contributed by atoms with van der Waals surface area (Å²) in [6.07, 6.45) is 1.47. The van der Waals surface area contributed by atoms with Gasteiger partial charge in [-0.15, -0.1) is 0 Å². The van der Waals surface area contributed by atoms with E-state index in [-0.39, 0.29) is 5.91 Å². The average molecular weight is 351 g/mol. The first-order chi connectivity index (χ1) is 12.5. The van der Waals surface area contributed by atoms with Crippen LogP contribution in [0.15, 0.2) is 53.1 Å². The quantitative estimate of drug-likeness (QED) is 0.659. The number of hydrogen-bond acceptors (Lipinski definition) is 4. The van der Waals surface area contributed by atoms with Crippen molar-refractivity contribution >= 4 is 28.3 Å². The third-order valence-corrected chi connectivity index (χ3v) is 4.58. The maximum Gasteiger partial charge on any atom is 0.328 e. The van der Waals surface area contributed by atoms with Crippen LogP contribution in [0.25, 0.3) is 10.8 Å². The molecule has 0 fully saturated rings. The van der Waals surface area contributed by atoms with Crippen LogP contribution >= 0.6 is 0 Å². The molecule has 0 N–H and O–H groups in total. The lowest BCUT2D eigenvalue weighted by molar-refractivity contribution is -0.141. The van der Waals surface area contributed by atoms with Crippen molar-refractivity contribution in [2.24, 2.45) is 0 Å². The Labute approximate surface area is 152 Å². The van der Waals surface area contributed by atoms with Crippen LogP contribution in [0.2, 0.25) is 0 Å². The number of nitrogens with zero attached hydrogens (tertiary/aromatic N) is 1. The second-order valence-electron chi connectivity index (χ2n) is 6.22. The molecule has 5 nitrogen and oxygen atoms in total. The van der Waals surface area contributed by atoms with Gasteiger partial charge in [0.25, 0.3) is 5.91 Å². The van der Waals surface area contributed by atoms with Crippen LogP contribution in [0.5, 0.6) is 0 Å². The number of hydrogen-bond donors (Lipinski definition) is 0. The van der Waals surface area contributed by atoms with Crippen molar-refractivity contribution in [3.8, 4) is 0 Å². The van der Waals surface area contributed by atoms with E-state index in [2.05, 4.69) is 0 Å². The number of benzene rings is 2. The number of aryl methyl sites for hydroxylation is 2. The van der Waals surface area contributed by atoms with Crippen molar-refractivity contribution in [1.82, 2.24) is 0 Å². The summed E-state index contributed by atoms with van der Waals surface area (Å²) in [5.41, 5.74) is 2.02. The van der Waals surface area contributed by atoms with Crippen LogP contribution < -0.4 is 4.90 Å². The molecule has 1 heterocycles. The van der Waals surface area contributed by atoms with Crippen LogP contribution in [0, 0.1) is 13.8 Å². The third kappa shape index (κ3) is 2.96. The summed E-state index contributed by atoms with van der Waals surface area (Å²) >= 11 is 0. The summed E-state index contributed by atoms with van der Waals surface area (Å²) in [5, 5.41) is 1.89. The SMILES string of the molecule is COC(=O)[C@H](C)N(C(=O)c1ccoc1C)c1c(C)ccc2ccccc12. The van der Waals surface area contributed by atoms with Gasteiger partial charge in [0.15, 0.2) is 0 Å². The smallest absolute Gasteiger partial charge is 0.328 e. The van der Waals surface area contributed by atoms with Crippen molar-refractivity contribution in [3.05, 3.63) is 65.6 Å². The van der Waals surface area contributed by atoms with Gasteiger partial charge in [-0.05, 0) is 37.8 Å². The van der Waals surface area contributed by atoms with Crippen molar-refractivity contribution in [1.29, 1.82) is 0 Å². The minimum atomic E-state index is -0.786. The van der Waals surface area contributed by atoms with Crippen LogP contribution in [0.1, 0.15) is 28.6 Å². The highest BCUT2D eigenvalue weighted by atomic mass is 16.5. The zero-order chi connectivity index (χ0) is 18.8. The number of anilines is 1. The summed E-state index contributed by atoms with van der Waals surface area (Å²) in [7, 11) is 1.32. The van der Waals surface area contributed by atoms with Crippen molar-refractivity contribution in [2.45, 2.75) is 26.8 Å². The van der Waals surface area contributed by atoms with Crippen LogP contribution in [-0.4, -0.2) is 25.0 Å². The fraction of sp³-hybridized carbons (Fsp3) is 0.238. The molecule has 0 unspecified atom stereocenters. The highest BCUT2D eigenvalue weighted by molar-refractivity contribution is 6.14. The standard InChI is InChI=1S/C21H21NO4/c1-13-9-10-16-7-5-6-8-18(16)19(13)22(14(2)21(24)25-4)20(23)17-11-12-26-15(17)3/h5-12,14H,1-4H3/t14-/m0/s1. The van der Waals surface area contributed by atoms with E-state index in [4.69, 9.17) is 9.15 Å². The first-order valence-electron chi connectivity index (χ1n) is 8.39. The molecule has 0 aliphatic heterocycles. The molecule has 0 saturated carbocycles. The molecule has 3 aromatic rings. The number of fused-ring (bicyclic) bond motifs is 1. The van der Waals surface area contributed by atoms with Crippen molar-refractivity contribution < 1.29 is 18.7 Å². The molecule has 134 valence electrons. The van der Waals surface area contributed by atoms with E-state index in [9.17, 15) is 9.59 Å². The summed E-state index contributed by atoms with van der Waals surface area (Å²) in [6, 6.07) is 12.6. The molecule has 0 radical (unpaired) electrons. The number of rotatable bonds is 4. The van der Waals surface area contributed by atoms with Crippen LogP contribution in [-0.2, 0) is 9.53 Å². The van der Waals surface area contributed by atoms with Gasteiger partial charge < -0.3 is 9.15 Å². The predicted octanol–water partition coefficient (Wildman–Crippen LogP) is 4.26. The minimum absolute atomic E-state index is 0.298. The summed E-state index contributed by atoms with van der Waals surface area (Å²) in [5.74, 6) is -0.268. The van der Waals surface area contributed by atoms with Gasteiger partial charge in [-0.2, -0.15) is 0 Å². The molecule has 1 aromatic heterocycles. The normalized spacial score (nSPS) is 12.0. The number of amides is 1. The van der Waals surface area contributed by atoms with Gasteiger partial charge in [-0.1, -0.05) is 36.4 Å². The number of ether oxygens (including phenoxy) is 1. The van der Waals surface area contributed by atoms with Crippen LogP contribution in [0.4, 0.5) is 5.69 Å². The Morgan fingerprint density at radius 2 is 1.81 bits per heavy atom. The van der Waals surface area contributed by atoms with Gasteiger partial charge >= 0.3 is 5.97 Å². The Balaban J connectivity index is 2.25. The molecule has 1 amide bonds. The van der Waals surface area contributed by atoms with Gasteiger partial charge in [0.1, 0.15) is 11.8 Å². The van der Waals surface area contributed by atoms with Gasteiger partial charge in [0, 0.05) is 5.39 Å². The van der Waals surface area contributed by atoms with Crippen molar-refractivity contribution in [2.75, 3.05) is 12.0 Å². The zero-order valence-electron chi connectivity index (χ0n) is 15.3. The summed E-state index contributed by atoms with van der Waals surface area (Å²) in [6.45, 7) is 5.32. The van der Waals surface area contributed by atoms with Gasteiger partial charge in [0.05, 0.1) is 24.6 Å². The highest BCUT2D eigenvalue weighted by Crippen LogP contribution is 2.33. The number of carbonyl (C=O) groups excluding carboxylic acids is 2. The molecular weight excluding hydrogens is 330 g/mol. The second-order valence-corrected chi connectivity index (χ2v) is 6.22. The Morgan fingerprint density at radius 1 is 1.08 bits per heavy atom. The molecule has 1 atom stereocenters. The molecule has 0 aliphatic carbocycles. The first-order valence-corrected chi connectivity index (χ1v) is 8.39. The molecule has 0 aliphatic rings. The molecule has 5 heteroatoms. The summed E-state index contributed by atoms with van der Waals surface area (Å²) in [4.78, 5) is 27.1. The highest BCUT2D eigenvalue weighted by Gasteiger charge is 2.32. The van der Waals surface area contributed by atoms with E-state index >= 15 is 0 Å². The Kier molecular flexibility index (Phi) is 4.80. The Hall–Kier alpha value is -3.08. The van der Waals surface area contributed by atoms with E-state index < -0.39 is 12.0 Å². The minimum Gasteiger partial charge on any atom is -0.469 e. The Bertz CT molecular complexity index is 973. The van der Waals surface area contributed by atoms with Crippen LogP contribution in [0.3, 0.4) is 0 Å². The topological polar surface area (TPSA) is 59.8 Å². The third-order valence-electron chi connectivity index (χ3n) is 4.58. The number of esters is 1.